The number of nitrogens with two attached hydrogens (primary N) is 1. The number of hydrogen-bond acceptors (Lipinski definition) is 8. The third-order valence-corrected chi connectivity index (χ3v) is 15.7. The van der Waals surface area contributed by atoms with Gasteiger partial charge in [0.1, 0.15) is 6.61 Å². The third-order valence-electron chi connectivity index (χ3n) is 14.7. The second-order valence-corrected chi connectivity index (χ2v) is 24.5. The SMILES string of the molecule is CC/C=C\C/C=C\C/C=C\C/C=C\C/C=C\C/C=C\C/C=C\C/C=C\C/C=C\C/C=C\C/C=C\CCCCCCCCCC(=O)OC(COC(=O)CCCCCCCCCCCCCCC/C=C\CCCCCCCCCC)COP(=O)(O)OCCN. The van der Waals surface area contributed by atoms with Crippen LogP contribution in [0.15, 0.2) is 146 Å². The average Bonchev–Trinajstić information content (AvgIpc) is 3.65. The van der Waals surface area contributed by atoms with Gasteiger partial charge in [0.15, 0.2) is 6.10 Å². The first-order valence-corrected chi connectivity index (χ1v) is 36.8. The first-order chi connectivity index (χ1) is 42.8. The molecule has 0 fully saturated rings. The Morgan fingerprint density at radius 2 is 0.632 bits per heavy atom. The molecule has 496 valence electrons. The van der Waals surface area contributed by atoms with Gasteiger partial charge in [0.05, 0.1) is 13.2 Å². The number of hydrogen-bond donors (Lipinski definition) is 2. The van der Waals surface area contributed by atoms with Gasteiger partial charge in [-0.25, -0.2) is 4.57 Å². The van der Waals surface area contributed by atoms with Gasteiger partial charge < -0.3 is 20.1 Å². The molecule has 87 heavy (non-hydrogen) atoms. The summed E-state index contributed by atoms with van der Waals surface area (Å²) in [5.41, 5.74) is 5.40. The Labute approximate surface area is 535 Å². The molecule has 0 bridgehead atoms. The summed E-state index contributed by atoms with van der Waals surface area (Å²) in [6, 6.07) is 0. The van der Waals surface area contributed by atoms with E-state index in [0.29, 0.717) is 6.42 Å². The van der Waals surface area contributed by atoms with Crippen molar-refractivity contribution in [1.29, 1.82) is 0 Å². The number of esters is 2. The Morgan fingerprint density at radius 1 is 0.356 bits per heavy atom. The number of unbranched alkanes of at least 4 members (excludes halogenated alkanes) is 28. The van der Waals surface area contributed by atoms with Gasteiger partial charge in [0.2, 0.25) is 0 Å². The number of phosphoric acid groups is 1. The van der Waals surface area contributed by atoms with Crippen LogP contribution in [-0.2, 0) is 32.7 Å². The van der Waals surface area contributed by atoms with E-state index in [1.165, 1.54) is 141 Å². The zero-order valence-electron chi connectivity index (χ0n) is 55.7. The number of carbonyl (C=O) groups is 2. The molecule has 2 atom stereocenters. The van der Waals surface area contributed by atoms with Crippen molar-refractivity contribution in [3.05, 3.63) is 146 Å². The quantitative estimate of drug-likeness (QED) is 0.0264. The second kappa shape index (κ2) is 71.0. The van der Waals surface area contributed by atoms with Gasteiger partial charge in [-0.1, -0.05) is 307 Å². The van der Waals surface area contributed by atoms with Crippen molar-refractivity contribution in [2.24, 2.45) is 5.73 Å². The average molecular weight is 1230 g/mol. The normalized spacial score (nSPS) is 13.8. The van der Waals surface area contributed by atoms with Crippen LogP contribution in [0.3, 0.4) is 0 Å². The molecule has 3 N–H and O–H groups in total. The van der Waals surface area contributed by atoms with Crippen LogP contribution in [0.1, 0.15) is 296 Å². The third kappa shape index (κ3) is 70.8. The van der Waals surface area contributed by atoms with Crippen LogP contribution in [0.4, 0.5) is 0 Å². The highest BCUT2D eigenvalue weighted by Gasteiger charge is 2.26. The van der Waals surface area contributed by atoms with Crippen molar-refractivity contribution in [2.75, 3.05) is 26.4 Å². The van der Waals surface area contributed by atoms with Gasteiger partial charge in [-0.15, -0.1) is 0 Å². The molecule has 0 spiro atoms. The monoisotopic (exact) mass is 1230 g/mol. The standard InChI is InChI=1S/C77H130NO8P/c1-3-5-7-9-11-13-15-17-19-21-23-25-27-29-30-31-32-33-34-35-36-37-38-39-40-41-42-43-44-46-48-50-52-54-56-58-60-62-64-66-68-70-77(80)86-75(74-85-87(81,82)84-72-71-78)73-83-76(79)69-67-65-63-61-59-57-55-53-51-49-47-45-28-26-24-22-20-18-16-14-12-10-8-6-4-2/h5,7,11,13,17,19,22-25,29-30,32-33,35-36,38-39,41-42,44,46,50,52,75H,3-4,6,8-10,12,14-16,18,20-21,26-28,31,34,37,40,43,45,47-49,51,53-74,78H2,1-2H3,(H,81,82)/b7-5-,13-11-,19-17-,24-22-,25-23-,30-29-,33-32-,36-35-,39-38-,42-41-,46-44-,52-50-. The molecule has 0 aliphatic carbocycles. The van der Waals surface area contributed by atoms with E-state index in [-0.39, 0.29) is 38.6 Å². The Kier molecular flexibility index (Phi) is 67.6. The van der Waals surface area contributed by atoms with Crippen molar-refractivity contribution in [2.45, 2.75) is 302 Å². The predicted octanol–water partition coefficient (Wildman–Crippen LogP) is 23.4. The molecule has 0 amide bonds. The molecule has 0 aliphatic rings. The predicted molar refractivity (Wildman–Crippen MR) is 376 cm³/mol. The smallest absolute Gasteiger partial charge is 0.462 e. The first-order valence-electron chi connectivity index (χ1n) is 35.3. The molecule has 0 rings (SSSR count). The maximum Gasteiger partial charge on any atom is 0.472 e. The largest absolute Gasteiger partial charge is 0.472 e. The molecule has 2 unspecified atom stereocenters. The molecule has 0 saturated heterocycles. The fourth-order valence-corrected chi connectivity index (χ4v) is 10.3. The van der Waals surface area contributed by atoms with E-state index in [4.69, 9.17) is 24.3 Å². The summed E-state index contributed by atoms with van der Waals surface area (Å²) in [4.78, 5) is 35.3. The molecular weight excluding hydrogens is 1100 g/mol. The highest BCUT2D eigenvalue weighted by Crippen LogP contribution is 2.43. The van der Waals surface area contributed by atoms with Crippen molar-refractivity contribution in [3.63, 3.8) is 0 Å². The van der Waals surface area contributed by atoms with Crippen molar-refractivity contribution in [1.82, 2.24) is 0 Å². The molecule has 0 saturated carbocycles. The minimum absolute atomic E-state index is 0.0455. The molecule has 10 heteroatoms. The molecular formula is C77H130NO8P. The molecule has 0 aliphatic heterocycles. The number of ether oxygens (including phenoxy) is 2. The lowest BCUT2D eigenvalue weighted by atomic mass is 10.0. The lowest BCUT2D eigenvalue weighted by Gasteiger charge is -2.19. The Balaban J connectivity index is 3.97. The summed E-state index contributed by atoms with van der Waals surface area (Å²) in [5, 5.41) is 0. The molecule has 9 nitrogen and oxygen atoms in total. The van der Waals surface area contributed by atoms with E-state index in [1.54, 1.807) is 0 Å². The summed E-state index contributed by atoms with van der Waals surface area (Å²) < 4.78 is 33.2. The Hall–Kier alpha value is -4.11. The highest BCUT2D eigenvalue weighted by atomic mass is 31.2. The Morgan fingerprint density at radius 3 is 0.954 bits per heavy atom. The van der Waals surface area contributed by atoms with Gasteiger partial charge in [0, 0.05) is 19.4 Å². The van der Waals surface area contributed by atoms with E-state index in [1.807, 2.05) is 0 Å². The lowest BCUT2D eigenvalue weighted by Crippen LogP contribution is -2.29. The topological polar surface area (TPSA) is 134 Å². The van der Waals surface area contributed by atoms with Crippen LogP contribution in [-0.4, -0.2) is 49.3 Å². The molecule has 0 aromatic rings. The minimum atomic E-state index is -4.41. The van der Waals surface area contributed by atoms with Crippen molar-refractivity contribution < 1.29 is 37.6 Å². The van der Waals surface area contributed by atoms with Crippen LogP contribution in [0, 0.1) is 0 Å². The van der Waals surface area contributed by atoms with Gasteiger partial charge in [-0.05, 0) is 122 Å². The number of carbonyl (C=O) groups excluding carboxylic acids is 2. The minimum Gasteiger partial charge on any atom is -0.462 e. The van der Waals surface area contributed by atoms with Crippen LogP contribution in [0.25, 0.3) is 0 Å². The zero-order chi connectivity index (χ0) is 63.0. The van der Waals surface area contributed by atoms with Gasteiger partial charge in [-0.2, -0.15) is 0 Å². The van der Waals surface area contributed by atoms with Gasteiger partial charge >= 0.3 is 19.8 Å². The van der Waals surface area contributed by atoms with E-state index >= 15 is 0 Å². The van der Waals surface area contributed by atoms with Crippen LogP contribution in [0.5, 0.6) is 0 Å². The summed E-state index contributed by atoms with van der Waals surface area (Å²) in [7, 11) is -4.41. The van der Waals surface area contributed by atoms with Crippen molar-refractivity contribution >= 4 is 19.8 Å². The van der Waals surface area contributed by atoms with E-state index in [0.717, 1.165) is 122 Å². The zero-order valence-corrected chi connectivity index (χ0v) is 56.6. The van der Waals surface area contributed by atoms with E-state index < -0.39 is 26.5 Å². The van der Waals surface area contributed by atoms with Crippen LogP contribution in [0.2, 0.25) is 0 Å². The molecule has 0 heterocycles. The summed E-state index contributed by atoms with van der Waals surface area (Å²) in [6.45, 7) is 3.63. The maximum absolute atomic E-state index is 12.8. The highest BCUT2D eigenvalue weighted by molar-refractivity contribution is 7.47. The van der Waals surface area contributed by atoms with Crippen LogP contribution < -0.4 is 5.73 Å². The molecule has 0 aromatic heterocycles. The maximum atomic E-state index is 12.8. The first kappa shape index (κ1) is 82.9. The summed E-state index contributed by atoms with van der Waals surface area (Å²) >= 11 is 0. The number of rotatable bonds is 65. The van der Waals surface area contributed by atoms with Gasteiger partial charge in [-0.3, -0.25) is 18.6 Å². The molecule has 0 radical (unpaired) electrons. The fourth-order valence-electron chi connectivity index (χ4n) is 9.52. The van der Waals surface area contributed by atoms with Crippen molar-refractivity contribution in [3.8, 4) is 0 Å². The lowest BCUT2D eigenvalue weighted by molar-refractivity contribution is -0.161. The molecule has 0 aromatic carbocycles. The van der Waals surface area contributed by atoms with Crippen LogP contribution >= 0.6 is 7.82 Å². The number of phosphoric ester groups is 1. The summed E-state index contributed by atoms with van der Waals surface area (Å²) in [6.07, 6.45) is 102. The number of allylic oxidation sites excluding steroid dienone is 24. The van der Waals surface area contributed by atoms with Gasteiger partial charge in [0.25, 0.3) is 0 Å². The second-order valence-electron chi connectivity index (χ2n) is 23.0. The van der Waals surface area contributed by atoms with E-state index in [2.05, 4.69) is 160 Å². The van der Waals surface area contributed by atoms with E-state index in [9.17, 15) is 19.0 Å². The summed E-state index contributed by atoms with van der Waals surface area (Å²) in [5.74, 6) is -0.841. The fraction of sp³-hybridized carbons (Fsp3) is 0.662. The Bertz CT molecular complexity index is 1940.